The minimum atomic E-state index is -0.944. The fourth-order valence-electron chi connectivity index (χ4n) is 4.25. The first-order chi connectivity index (χ1) is 14.5. The standard InChI is InChI=1S/C23H27N3O4/c1-14-15(2)25-11-10-18-20(23(25)24-14)26(16(3)27)19(17-8-6-5-7-9-17)21(28)22(18)30-13-12-29-4/h5-11,19,21-22,28H,12-13H2,1-4H3/t19-,21-,22-/m1/s1. The SMILES string of the molecule is COCCO[C@@H]1c2ccn3c(C)c(C)nc3c2N(C(C)=O)[C@H](c2ccccc2)[C@H]1O. The normalized spacial score (nSPS) is 21.1. The summed E-state index contributed by atoms with van der Waals surface area (Å²) >= 11 is 0. The van der Waals surface area contributed by atoms with Crippen LogP contribution in [0.4, 0.5) is 5.69 Å². The third-order valence-corrected chi connectivity index (χ3v) is 5.80. The lowest BCUT2D eigenvalue weighted by molar-refractivity contribution is -0.119. The van der Waals surface area contributed by atoms with Crippen molar-refractivity contribution in [2.45, 2.75) is 39.0 Å². The Hall–Kier alpha value is -2.74. The second-order valence-corrected chi connectivity index (χ2v) is 7.62. The summed E-state index contributed by atoms with van der Waals surface area (Å²) in [6, 6.07) is 10.9. The van der Waals surface area contributed by atoms with Crippen LogP contribution in [0, 0.1) is 13.8 Å². The van der Waals surface area contributed by atoms with Crippen LogP contribution in [0.2, 0.25) is 0 Å². The number of aryl methyl sites for hydroxylation is 2. The van der Waals surface area contributed by atoms with Gasteiger partial charge < -0.3 is 19.0 Å². The number of ether oxygens (including phenoxy) is 2. The molecule has 158 valence electrons. The molecule has 7 nitrogen and oxygen atoms in total. The average Bonchev–Trinajstić information content (AvgIpc) is 3.03. The summed E-state index contributed by atoms with van der Waals surface area (Å²) < 4.78 is 13.2. The van der Waals surface area contributed by atoms with E-state index < -0.39 is 18.2 Å². The van der Waals surface area contributed by atoms with E-state index in [1.165, 1.54) is 6.92 Å². The molecule has 1 N–H and O–H groups in total. The quantitative estimate of drug-likeness (QED) is 0.656. The molecule has 0 fully saturated rings. The number of carbonyl (C=O) groups excluding carboxylic acids is 1. The number of aromatic nitrogens is 2. The molecule has 1 aliphatic rings. The molecule has 0 aliphatic carbocycles. The van der Waals surface area contributed by atoms with Crippen LogP contribution in [0.15, 0.2) is 42.6 Å². The van der Waals surface area contributed by atoms with E-state index in [1.54, 1.807) is 12.0 Å². The molecule has 2 aromatic heterocycles. The van der Waals surface area contributed by atoms with Crippen LogP contribution < -0.4 is 4.90 Å². The maximum Gasteiger partial charge on any atom is 0.224 e. The first kappa shape index (κ1) is 20.5. The molecule has 3 atom stereocenters. The third kappa shape index (κ3) is 3.29. The number of pyridine rings is 1. The van der Waals surface area contributed by atoms with Crippen LogP contribution in [0.5, 0.6) is 0 Å². The van der Waals surface area contributed by atoms with E-state index in [2.05, 4.69) is 0 Å². The van der Waals surface area contributed by atoms with E-state index >= 15 is 0 Å². The molecule has 0 bridgehead atoms. The van der Waals surface area contributed by atoms with E-state index in [0.717, 1.165) is 22.5 Å². The molecule has 0 radical (unpaired) electrons. The van der Waals surface area contributed by atoms with Crippen LogP contribution in [0.3, 0.4) is 0 Å². The molecule has 1 aromatic carbocycles. The van der Waals surface area contributed by atoms with E-state index in [-0.39, 0.29) is 5.91 Å². The van der Waals surface area contributed by atoms with E-state index in [1.807, 2.05) is 60.8 Å². The Morgan fingerprint density at radius 3 is 2.57 bits per heavy atom. The van der Waals surface area contributed by atoms with Gasteiger partial charge in [0.15, 0.2) is 5.65 Å². The highest BCUT2D eigenvalue weighted by atomic mass is 16.5. The Balaban J connectivity index is 1.96. The Bertz CT molecular complexity index is 1060. The van der Waals surface area contributed by atoms with Crippen LogP contribution in [-0.4, -0.2) is 46.8 Å². The molecule has 3 aromatic rings. The lowest BCUT2D eigenvalue weighted by Gasteiger charge is -2.44. The number of hydrogen-bond donors (Lipinski definition) is 1. The van der Waals surface area contributed by atoms with Gasteiger partial charge in [-0.15, -0.1) is 0 Å². The van der Waals surface area contributed by atoms with Gasteiger partial charge in [-0.2, -0.15) is 0 Å². The molecule has 3 heterocycles. The van der Waals surface area contributed by atoms with Crippen LogP contribution in [-0.2, 0) is 14.3 Å². The van der Waals surface area contributed by atoms with E-state index in [4.69, 9.17) is 14.5 Å². The Labute approximate surface area is 175 Å². The zero-order valence-electron chi connectivity index (χ0n) is 17.7. The number of fused-ring (bicyclic) bond motifs is 3. The van der Waals surface area contributed by atoms with Gasteiger partial charge in [-0.3, -0.25) is 9.69 Å². The maximum absolute atomic E-state index is 12.9. The summed E-state index contributed by atoms with van der Waals surface area (Å²) in [5.41, 5.74) is 4.86. The van der Waals surface area contributed by atoms with Crippen molar-refractivity contribution >= 4 is 17.2 Å². The number of amides is 1. The fraction of sp³-hybridized carbons (Fsp3) is 0.391. The van der Waals surface area contributed by atoms with Crippen LogP contribution >= 0.6 is 0 Å². The zero-order valence-corrected chi connectivity index (χ0v) is 17.7. The van der Waals surface area contributed by atoms with Gasteiger partial charge in [-0.25, -0.2) is 4.98 Å². The summed E-state index contributed by atoms with van der Waals surface area (Å²) in [5.74, 6) is -0.161. The van der Waals surface area contributed by atoms with Crippen molar-refractivity contribution in [1.82, 2.24) is 9.38 Å². The number of benzene rings is 1. The van der Waals surface area contributed by atoms with Crippen molar-refractivity contribution in [2.75, 3.05) is 25.2 Å². The molecule has 1 aliphatic heterocycles. The van der Waals surface area contributed by atoms with Crippen molar-refractivity contribution in [1.29, 1.82) is 0 Å². The minimum absolute atomic E-state index is 0.161. The molecule has 0 saturated carbocycles. The Morgan fingerprint density at radius 2 is 1.90 bits per heavy atom. The number of aliphatic hydroxyl groups is 1. The number of rotatable bonds is 5. The first-order valence-electron chi connectivity index (χ1n) is 10.1. The third-order valence-electron chi connectivity index (χ3n) is 5.80. The zero-order chi connectivity index (χ0) is 21.4. The highest BCUT2D eigenvalue weighted by Crippen LogP contribution is 2.47. The summed E-state index contributed by atoms with van der Waals surface area (Å²) in [6.07, 6.45) is 0.364. The van der Waals surface area contributed by atoms with Gasteiger partial charge >= 0.3 is 0 Å². The highest BCUT2D eigenvalue weighted by Gasteiger charge is 2.45. The van der Waals surface area contributed by atoms with Gasteiger partial charge in [-0.05, 0) is 25.5 Å². The molecule has 4 rings (SSSR count). The smallest absolute Gasteiger partial charge is 0.224 e. The first-order valence-corrected chi connectivity index (χ1v) is 10.1. The number of aliphatic hydroxyl groups excluding tert-OH is 1. The van der Waals surface area contributed by atoms with E-state index in [9.17, 15) is 9.90 Å². The topological polar surface area (TPSA) is 76.3 Å². The molecule has 0 unspecified atom stereocenters. The van der Waals surface area contributed by atoms with Crippen molar-refractivity contribution in [3.05, 3.63) is 65.1 Å². The predicted molar refractivity (Wildman–Crippen MR) is 114 cm³/mol. The molecule has 7 heteroatoms. The molecule has 1 amide bonds. The summed E-state index contributed by atoms with van der Waals surface area (Å²) in [6.45, 7) is 6.21. The van der Waals surface area contributed by atoms with Crippen LogP contribution in [0.25, 0.3) is 5.65 Å². The number of imidazole rings is 1. The number of methoxy groups -OCH3 is 1. The number of anilines is 1. The van der Waals surface area contributed by atoms with Gasteiger partial charge in [0.2, 0.25) is 5.91 Å². The van der Waals surface area contributed by atoms with Gasteiger partial charge in [-0.1, -0.05) is 30.3 Å². The molecular weight excluding hydrogens is 382 g/mol. The lowest BCUT2D eigenvalue weighted by Crippen LogP contribution is -2.47. The van der Waals surface area contributed by atoms with Crippen molar-refractivity contribution in [2.24, 2.45) is 0 Å². The fourth-order valence-corrected chi connectivity index (χ4v) is 4.25. The van der Waals surface area contributed by atoms with Crippen molar-refractivity contribution in [3.63, 3.8) is 0 Å². The number of hydrogen-bond acceptors (Lipinski definition) is 5. The molecular formula is C23H27N3O4. The van der Waals surface area contributed by atoms with Gasteiger partial charge in [0, 0.05) is 31.5 Å². The van der Waals surface area contributed by atoms with E-state index in [0.29, 0.717) is 24.5 Å². The van der Waals surface area contributed by atoms with Crippen molar-refractivity contribution < 1.29 is 19.4 Å². The summed E-state index contributed by atoms with van der Waals surface area (Å²) in [4.78, 5) is 19.3. The highest BCUT2D eigenvalue weighted by molar-refractivity contribution is 5.98. The largest absolute Gasteiger partial charge is 0.388 e. The maximum atomic E-state index is 12.9. The van der Waals surface area contributed by atoms with Crippen LogP contribution in [0.1, 0.15) is 41.6 Å². The molecule has 30 heavy (non-hydrogen) atoms. The number of carbonyl (C=O) groups is 1. The second kappa shape index (κ2) is 8.18. The summed E-state index contributed by atoms with van der Waals surface area (Å²) in [7, 11) is 1.61. The minimum Gasteiger partial charge on any atom is -0.388 e. The number of nitrogens with zero attached hydrogens (tertiary/aromatic N) is 3. The molecule has 0 spiro atoms. The van der Waals surface area contributed by atoms with Gasteiger partial charge in [0.25, 0.3) is 0 Å². The van der Waals surface area contributed by atoms with Crippen molar-refractivity contribution in [3.8, 4) is 0 Å². The average molecular weight is 409 g/mol. The Morgan fingerprint density at radius 1 is 1.17 bits per heavy atom. The summed E-state index contributed by atoms with van der Waals surface area (Å²) in [5, 5.41) is 11.4. The van der Waals surface area contributed by atoms with Gasteiger partial charge in [0.05, 0.1) is 30.6 Å². The molecule has 0 saturated heterocycles. The lowest BCUT2D eigenvalue weighted by atomic mass is 9.86. The Kier molecular flexibility index (Phi) is 5.60. The monoisotopic (exact) mass is 409 g/mol. The second-order valence-electron chi connectivity index (χ2n) is 7.62. The van der Waals surface area contributed by atoms with Gasteiger partial charge in [0.1, 0.15) is 12.2 Å². The predicted octanol–water partition coefficient (Wildman–Crippen LogP) is 3.12.